The zero-order valence-electron chi connectivity index (χ0n) is 13.6. The lowest BCUT2D eigenvalue weighted by Gasteiger charge is -2.01. The minimum atomic E-state index is -0.457. The van der Waals surface area contributed by atoms with E-state index in [4.69, 9.17) is 4.42 Å². The predicted octanol–water partition coefficient (Wildman–Crippen LogP) is 4.80. The number of rotatable bonds is 3. The van der Waals surface area contributed by atoms with Crippen LogP contribution in [0.4, 0.5) is 5.69 Å². The SMILES string of the molecule is Cc1ccc2oc(=O)c(-c3nc(-c4cccc([N+](=O)[O-])c4)cs3)cc2c1. The maximum atomic E-state index is 12.3. The fourth-order valence-electron chi connectivity index (χ4n) is 2.70. The van der Waals surface area contributed by atoms with Crippen molar-refractivity contribution < 1.29 is 9.34 Å². The van der Waals surface area contributed by atoms with E-state index >= 15 is 0 Å². The van der Waals surface area contributed by atoms with E-state index in [1.54, 1.807) is 29.6 Å². The largest absolute Gasteiger partial charge is 0.422 e. The highest BCUT2D eigenvalue weighted by molar-refractivity contribution is 7.13. The number of nitro groups is 1. The number of hydrogen-bond acceptors (Lipinski definition) is 6. The third-order valence-corrected chi connectivity index (χ3v) is 4.85. The van der Waals surface area contributed by atoms with Gasteiger partial charge in [0, 0.05) is 28.5 Å². The molecule has 0 amide bonds. The highest BCUT2D eigenvalue weighted by Crippen LogP contribution is 2.30. The Morgan fingerprint density at radius 1 is 1.15 bits per heavy atom. The summed E-state index contributed by atoms with van der Waals surface area (Å²) in [5.41, 5.74) is 2.72. The van der Waals surface area contributed by atoms with Crippen molar-refractivity contribution >= 4 is 28.0 Å². The first-order valence-corrected chi connectivity index (χ1v) is 8.64. The van der Waals surface area contributed by atoms with Crippen LogP contribution in [0.5, 0.6) is 0 Å². The summed E-state index contributed by atoms with van der Waals surface area (Å²) in [6.45, 7) is 1.97. The van der Waals surface area contributed by atoms with Gasteiger partial charge < -0.3 is 4.42 Å². The molecule has 4 rings (SSSR count). The van der Waals surface area contributed by atoms with Crippen LogP contribution in [0.3, 0.4) is 0 Å². The van der Waals surface area contributed by atoms with Crippen molar-refractivity contribution in [3.63, 3.8) is 0 Å². The fourth-order valence-corrected chi connectivity index (χ4v) is 3.53. The van der Waals surface area contributed by atoms with Gasteiger partial charge in [-0.3, -0.25) is 10.1 Å². The molecule has 6 nitrogen and oxygen atoms in total. The molecular formula is C19H12N2O4S. The molecule has 0 saturated carbocycles. The number of non-ortho nitro benzene ring substituents is 1. The number of aryl methyl sites for hydroxylation is 1. The summed E-state index contributed by atoms with van der Waals surface area (Å²) in [5, 5.41) is 14.1. The van der Waals surface area contributed by atoms with Gasteiger partial charge in [-0.15, -0.1) is 11.3 Å². The molecule has 0 aliphatic carbocycles. The minimum Gasteiger partial charge on any atom is -0.422 e. The number of nitro benzene ring substituents is 1. The van der Waals surface area contributed by atoms with Crippen LogP contribution in [0.2, 0.25) is 0 Å². The van der Waals surface area contributed by atoms with E-state index in [9.17, 15) is 14.9 Å². The number of fused-ring (bicyclic) bond motifs is 1. The second-order valence-electron chi connectivity index (χ2n) is 5.83. The van der Waals surface area contributed by atoms with Crippen molar-refractivity contribution in [3.05, 3.63) is 80.0 Å². The Bertz CT molecular complexity index is 1210. The second-order valence-corrected chi connectivity index (χ2v) is 6.69. The quantitative estimate of drug-likeness (QED) is 0.296. The molecule has 0 spiro atoms. The maximum absolute atomic E-state index is 12.3. The van der Waals surface area contributed by atoms with Gasteiger partial charge in [0.05, 0.1) is 16.2 Å². The zero-order valence-corrected chi connectivity index (χ0v) is 14.4. The lowest BCUT2D eigenvalue weighted by Crippen LogP contribution is -2.02. The summed E-state index contributed by atoms with van der Waals surface area (Å²) < 4.78 is 5.39. The van der Waals surface area contributed by atoms with Gasteiger partial charge in [0.2, 0.25) is 0 Å². The van der Waals surface area contributed by atoms with Crippen molar-refractivity contribution in [2.75, 3.05) is 0 Å². The standard InChI is InChI=1S/C19H12N2O4S/c1-11-5-6-17-13(7-11)9-15(19(22)25-17)18-20-16(10-26-18)12-3-2-4-14(8-12)21(23)24/h2-10H,1H3. The number of aromatic nitrogens is 1. The number of hydrogen-bond donors (Lipinski definition) is 0. The molecule has 0 fully saturated rings. The first kappa shape index (κ1) is 16.2. The molecule has 2 aromatic heterocycles. The molecular weight excluding hydrogens is 352 g/mol. The van der Waals surface area contributed by atoms with E-state index in [1.807, 2.05) is 19.1 Å². The normalized spacial score (nSPS) is 11.0. The van der Waals surface area contributed by atoms with Crippen molar-refractivity contribution in [3.8, 4) is 21.8 Å². The van der Waals surface area contributed by atoms with Crippen LogP contribution in [-0.4, -0.2) is 9.91 Å². The van der Waals surface area contributed by atoms with E-state index in [0.717, 1.165) is 10.9 Å². The van der Waals surface area contributed by atoms with Gasteiger partial charge in [-0.2, -0.15) is 0 Å². The average Bonchev–Trinajstić information content (AvgIpc) is 3.11. The number of thiazole rings is 1. The summed E-state index contributed by atoms with van der Waals surface area (Å²) in [6, 6.07) is 13.6. The summed E-state index contributed by atoms with van der Waals surface area (Å²) >= 11 is 1.30. The maximum Gasteiger partial charge on any atom is 0.346 e. The Morgan fingerprint density at radius 2 is 2.00 bits per heavy atom. The summed E-state index contributed by atoms with van der Waals surface area (Å²) in [6.07, 6.45) is 0. The molecule has 26 heavy (non-hydrogen) atoms. The second kappa shape index (κ2) is 6.20. The average molecular weight is 364 g/mol. The molecule has 2 aromatic carbocycles. The van der Waals surface area contributed by atoms with Crippen molar-refractivity contribution in [2.24, 2.45) is 0 Å². The fraction of sp³-hybridized carbons (Fsp3) is 0.0526. The van der Waals surface area contributed by atoms with Crippen LogP contribution >= 0.6 is 11.3 Å². The van der Waals surface area contributed by atoms with Gasteiger partial charge >= 0.3 is 5.63 Å². The molecule has 4 aromatic rings. The predicted molar refractivity (Wildman–Crippen MR) is 100 cm³/mol. The summed E-state index contributed by atoms with van der Waals surface area (Å²) in [4.78, 5) is 27.3. The Labute approximate surface area is 151 Å². The van der Waals surface area contributed by atoms with Crippen LogP contribution in [0.15, 0.2) is 63.1 Å². The Morgan fingerprint density at radius 3 is 2.81 bits per heavy atom. The minimum absolute atomic E-state index is 0.00209. The molecule has 0 aliphatic heterocycles. The number of benzene rings is 2. The van der Waals surface area contributed by atoms with E-state index in [-0.39, 0.29) is 5.69 Å². The van der Waals surface area contributed by atoms with Crippen LogP contribution < -0.4 is 5.63 Å². The van der Waals surface area contributed by atoms with Gasteiger partial charge in [0.1, 0.15) is 10.6 Å². The molecule has 7 heteroatoms. The lowest BCUT2D eigenvalue weighted by atomic mass is 10.1. The summed E-state index contributed by atoms with van der Waals surface area (Å²) in [5.74, 6) is 0. The smallest absolute Gasteiger partial charge is 0.346 e. The van der Waals surface area contributed by atoms with Crippen LogP contribution in [0.25, 0.3) is 32.8 Å². The number of nitrogens with zero attached hydrogens (tertiary/aromatic N) is 2. The van der Waals surface area contributed by atoms with Gasteiger partial charge in [0.25, 0.3) is 5.69 Å². The van der Waals surface area contributed by atoms with Crippen molar-refractivity contribution in [1.82, 2.24) is 4.98 Å². The van der Waals surface area contributed by atoms with Crippen LogP contribution in [0, 0.1) is 17.0 Å². The molecule has 128 valence electrons. The van der Waals surface area contributed by atoms with Gasteiger partial charge in [-0.05, 0) is 25.1 Å². The molecule has 0 N–H and O–H groups in total. The van der Waals surface area contributed by atoms with Crippen LogP contribution in [0.1, 0.15) is 5.56 Å². The Kier molecular flexibility index (Phi) is 3.85. The molecule has 0 aliphatic rings. The monoisotopic (exact) mass is 364 g/mol. The van der Waals surface area contributed by atoms with E-state index < -0.39 is 10.5 Å². The van der Waals surface area contributed by atoms with Crippen LogP contribution in [-0.2, 0) is 0 Å². The topological polar surface area (TPSA) is 86.2 Å². The zero-order chi connectivity index (χ0) is 18.3. The molecule has 0 unspecified atom stereocenters. The Balaban J connectivity index is 1.80. The molecule has 0 atom stereocenters. The first-order chi connectivity index (χ1) is 12.5. The van der Waals surface area contributed by atoms with Crippen molar-refractivity contribution in [1.29, 1.82) is 0 Å². The highest BCUT2D eigenvalue weighted by Gasteiger charge is 2.14. The van der Waals surface area contributed by atoms with E-state index in [1.165, 1.54) is 23.5 Å². The Hall–Kier alpha value is -3.32. The molecule has 0 radical (unpaired) electrons. The van der Waals surface area contributed by atoms with E-state index in [2.05, 4.69) is 4.98 Å². The van der Waals surface area contributed by atoms with Gasteiger partial charge in [0.15, 0.2) is 0 Å². The first-order valence-electron chi connectivity index (χ1n) is 7.76. The molecule has 0 saturated heterocycles. The molecule has 2 heterocycles. The van der Waals surface area contributed by atoms with E-state index in [0.29, 0.717) is 27.4 Å². The third kappa shape index (κ3) is 2.89. The van der Waals surface area contributed by atoms with Gasteiger partial charge in [-0.1, -0.05) is 23.8 Å². The van der Waals surface area contributed by atoms with Gasteiger partial charge in [-0.25, -0.2) is 9.78 Å². The molecule has 0 bridgehead atoms. The third-order valence-electron chi connectivity index (χ3n) is 3.98. The summed E-state index contributed by atoms with van der Waals surface area (Å²) in [7, 11) is 0. The van der Waals surface area contributed by atoms with Crippen molar-refractivity contribution in [2.45, 2.75) is 6.92 Å². The highest BCUT2D eigenvalue weighted by atomic mass is 32.1. The lowest BCUT2D eigenvalue weighted by molar-refractivity contribution is -0.384.